The fourth-order valence-corrected chi connectivity index (χ4v) is 2.86. The molecule has 0 bridgehead atoms. The van der Waals surface area contributed by atoms with Crippen LogP contribution in [0.5, 0.6) is 0 Å². The van der Waals surface area contributed by atoms with Crippen molar-refractivity contribution >= 4 is 17.3 Å². The molecule has 1 aromatic carbocycles. The maximum Gasteiger partial charge on any atom is 0.253 e. The molecule has 26 heavy (non-hydrogen) atoms. The van der Waals surface area contributed by atoms with Gasteiger partial charge in [0.2, 0.25) is 5.91 Å². The molecule has 1 N–H and O–H groups in total. The Labute approximate surface area is 152 Å². The first kappa shape index (κ1) is 17.7. The molecule has 2 heterocycles. The van der Waals surface area contributed by atoms with E-state index in [1.54, 1.807) is 25.2 Å². The van der Waals surface area contributed by atoms with E-state index in [0.717, 1.165) is 16.8 Å². The number of nitrogens with one attached hydrogen (secondary N) is 1. The van der Waals surface area contributed by atoms with E-state index < -0.39 is 0 Å². The van der Waals surface area contributed by atoms with Crippen LogP contribution in [0.25, 0.3) is 16.8 Å². The van der Waals surface area contributed by atoms with Crippen molar-refractivity contribution < 1.29 is 9.59 Å². The first-order valence-electron chi connectivity index (χ1n) is 8.52. The summed E-state index contributed by atoms with van der Waals surface area (Å²) in [5.41, 5.74) is 3.56. The number of amides is 2. The summed E-state index contributed by atoms with van der Waals surface area (Å²) >= 11 is 0. The Hall–Kier alpha value is -3.15. The lowest BCUT2D eigenvalue weighted by atomic mass is 10.1. The molecule has 3 rings (SSSR count). The fraction of sp³-hybridized carbons (Fsp3) is 0.250. The maximum absolute atomic E-state index is 12.7. The number of benzene rings is 1. The largest absolute Gasteiger partial charge is 0.359 e. The predicted octanol–water partition coefficient (Wildman–Crippen LogP) is 2.60. The Bertz CT molecular complexity index is 930. The molecule has 134 valence electrons. The lowest BCUT2D eigenvalue weighted by molar-refractivity contribution is -0.121. The second-order valence-corrected chi connectivity index (χ2v) is 6.30. The normalized spacial score (nSPS) is 12.0. The van der Waals surface area contributed by atoms with Gasteiger partial charge in [-0.15, -0.1) is 0 Å². The quantitative estimate of drug-likeness (QED) is 0.769. The Balaban J connectivity index is 1.80. The molecular weight excluding hydrogens is 328 g/mol. The first-order chi connectivity index (χ1) is 12.5. The van der Waals surface area contributed by atoms with Gasteiger partial charge in [0.05, 0.1) is 17.4 Å². The summed E-state index contributed by atoms with van der Waals surface area (Å²) in [5.74, 6) is -0.190. The molecule has 0 saturated carbocycles. The van der Waals surface area contributed by atoms with Crippen LogP contribution in [0.1, 0.15) is 23.7 Å². The van der Waals surface area contributed by atoms with Crippen molar-refractivity contribution in [2.45, 2.75) is 19.4 Å². The van der Waals surface area contributed by atoms with Crippen LogP contribution in [0.4, 0.5) is 0 Å². The first-order valence-corrected chi connectivity index (χ1v) is 8.52. The Morgan fingerprint density at radius 1 is 1.15 bits per heavy atom. The van der Waals surface area contributed by atoms with Crippen LogP contribution in [-0.4, -0.2) is 46.5 Å². The molecule has 6 nitrogen and oxygen atoms in total. The van der Waals surface area contributed by atoms with E-state index in [9.17, 15) is 9.59 Å². The van der Waals surface area contributed by atoms with Crippen LogP contribution < -0.4 is 5.32 Å². The van der Waals surface area contributed by atoms with Crippen molar-refractivity contribution in [3.63, 3.8) is 0 Å². The summed E-state index contributed by atoms with van der Waals surface area (Å²) in [4.78, 5) is 25.8. The standard InChI is InChI=1S/C20H22N4O2/c1-14(13-19(25)21-2)23(3)20(26)16-9-7-15(8-10-16)18-6-4-5-17-11-12-22-24(17)18/h4-12,14H,13H2,1-3H3,(H,21,25). The van der Waals surface area contributed by atoms with Gasteiger partial charge in [0, 0.05) is 37.7 Å². The average Bonchev–Trinajstić information content (AvgIpc) is 3.15. The maximum atomic E-state index is 12.7. The topological polar surface area (TPSA) is 66.7 Å². The van der Waals surface area contributed by atoms with Crippen molar-refractivity contribution in [1.82, 2.24) is 19.8 Å². The zero-order valence-corrected chi connectivity index (χ0v) is 15.1. The third-order valence-electron chi connectivity index (χ3n) is 4.59. The summed E-state index contributed by atoms with van der Waals surface area (Å²) in [6, 6.07) is 15.2. The molecule has 2 amide bonds. The minimum Gasteiger partial charge on any atom is -0.359 e. The van der Waals surface area contributed by atoms with Gasteiger partial charge >= 0.3 is 0 Å². The summed E-state index contributed by atoms with van der Waals surface area (Å²) in [6.45, 7) is 1.86. The Morgan fingerprint density at radius 3 is 2.58 bits per heavy atom. The van der Waals surface area contributed by atoms with Gasteiger partial charge in [0.1, 0.15) is 0 Å². The zero-order chi connectivity index (χ0) is 18.7. The van der Waals surface area contributed by atoms with Crippen molar-refractivity contribution in [2.75, 3.05) is 14.1 Å². The number of hydrogen-bond donors (Lipinski definition) is 1. The molecule has 1 unspecified atom stereocenters. The van der Waals surface area contributed by atoms with Crippen LogP contribution in [0, 0.1) is 0 Å². The number of carbonyl (C=O) groups excluding carboxylic acids is 2. The number of hydrogen-bond acceptors (Lipinski definition) is 3. The van der Waals surface area contributed by atoms with Gasteiger partial charge in [-0.3, -0.25) is 9.59 Å². The van der Waals surface area contributed by atoms with E-state index in [-0.39, 0.29) is 24.3 Å². The number of pyridine rings is 1. The molecule has 0 aliphatic carbocycles. The molecule has 0 saturated heterocycles. The molecule has 2 aromatic heterocycles. The third kappa shape index (κ3) is 3.44. The van der Waals surface area contributed by atoms with Gasteiger partial charge in [-0.25, -0.2) is 4.52 Å². The van der Waals surface area contributed by atoms with Gasteiger partial charge in [-0.2, -0.15) is 5.10 Å². The smallest absolute Gasteiger partial charge is 0.253 e. The van der Waals surface area contributed by atoms with Gasteiger partial charge in [0.15, 0.2) is 0 Å². The fourth-order valence-electron chi connectivity index (χ4n) is 2.86. The summed E-state index contributed by atoms with van der Waals surface area (Å²) in [7, 11) is 3.31. The van der Waals surface area contributed by atoms with E-state index in [0.29, 0.717) is 5.56 Å². The lowest BCUT2D eigenvalue weighted by Gasteiger charge is -2.24. The van der Waals surface area contributed by atoms with Crippen LogP contribution in [0.3, 0.4) is 0 Å². The lowest BCUT2D eigenvalue weighted by Crippen LogP contribution is -2.38. The SMILES string of the molecule is CNC(=O)CC(C)N(C)C(=O)c1ccc(-c2cccc3ccnn23)cc1. The average molecular weight is 350 g/mol. The third-order valence-corrected chi connectivity index (χ3v) is 4.59. The molecule has 3 aromatic rings. The number of nitrogens with zero attached hydrogens (tertiary/aromatic N) is 3. The van der Waals surface area contributed by atoms with Crippen LogP contribution in [0.15, 0.2) is 54.7 Å². The molecule has 1 atom stereocenters. The minimum atomic E-state index is -0.181. The minimum absolute atomic E-state index is 0.0835. The monoisotopic (exact) mass is 350 g/mol. The summed E-state index contributed by atoms with van der Waals surface area (Å²) in [5, 5.41) is 6.93. The number of aromatic nitrogens is 2. The molecule has 0 aliphatic rings. The van der Waals surface area contributed by atoms with E-state index in [1.807, 2.05) is 60.0 Å². The Kier molecular flexibility index (Phi) is 5.02. The summed E-state index contributed by atoms with van der Waals surface area (Å²) in [6.07, 6.45) is 2.04. The molecule has 0 radical (unpaired) electrons. The highest BCUT2D eigenvalue weighted by Gasteiger charge is 2.19. The predicted molar refractivity (Wildman–Crippen MR) is 101 cm³/mol. The van der Waals surface area contributed by atoms with Crippen LogP contribution in [0.2, 0.25) is 0 Å². The van der Waals surface area contributed by atoms with Crippen LogP contribution >= 0.6 is 0 Å². The summed E-state index contributed by atoms with van der Waals surface area (Å²) < 4.78 is 1.87. The van der Waals surface area contributed by atoms with Crippen molar-refractivity contribution in [3.05, 3.63) is 60.3 Å². The van der Waals surface area contributed by atoms with E-state index in [2.05, 4.69) is 10.4 Å². The number of fused-ring (bicyclic) bond motifs is 1. The Morgan fingerprint density at radius 2 is 1.88 bits per heavy atom. The van der Waals surface area contributed by atoms with Gasteiger partial charge < -0.3 is 10.2 Å². The molecule has 0 fully saturated rings. The molecular formula is C20H22N4O2. The number of carbonyl (C=O) groups is 2. The second kappa shape index (κ2) is 7.39. The van der Waals surface area contributed by atoms with E-state index >= 15 is 0 Å². The highest BCUT2D eigenvalue weighted by Crippen LogP contribution is 2.21. The van der Waals surface area contributed by atoms with Crippen molar-refractivity contribution in [1.29, 1.82) is 0 Å². The van der Waals surface area contributed by atoms with Gasteiger partial charge in [-0.05, 0) is 37.3 Å². The molecule has 6 heteroatoms. The van der Waals surface area contributed by atoms with Gasteiger partial charge in [-0.1, -0.05) is 18.2 Å². The second-order valence-electron chi connectivity index (χ2n) is 6.30. The van der Waals surface area contributed by atoms with Crippen LogP contribution in [-0.2, 0) is 4.79 Å². The molecule has 0 spiro atoms. The zero-order valence-electron chi connectivity index (χ0n) is 15.1. The van der Waals surface area contributed by atoms with Crippen molar-refractivity contribution in [2.24, 2.45) is 0 Å². The van der Waals surface area contributed by atoms with Crippen molar-refractivity contribution in [3.8, 4) is 11.3 Å². The van der Waals surface area contributed by atoms with E-state index in [4.69, 9.17) is 0 Å². The highest BCUT2D eigenvalue weighted by molar-refractivity contribution is 5.95. The number of rotatable bonds is 5. The molecule has 0 aliphatic heterocycles. The highest BCUT2D eigenvalue weighted by atomic mass is 16.2. The van der Waals surface area contributed by atoms with E-state index in [1.165, 1.54) is 0 Å². The van der Waals surface area contributed by atoms with Gasteiger partial charge in [0.25, 0.3) is 5.91 Å².